The standard InChI is InChI=1S/C13H18N2O/c16-13-11(9-4-6-14-7-5-9)8-10-2-1-3-12(10)15-13/h8-9,14H,1-7H2,(H,15,16). The van der Waals surface area contributed by atoms with Gasteiger partial charge in [-0.05, 0) is 62.7 Å². The Morgan fingerprint density at radius 3 is 2.81 bits per heavy atom. The van der Waals surface area contributed by atoms with E-state index >= 15 is 0 Å². The van der Waals surface area contributed by atoms with Crippen LogP contribution in [0.2, 0.25) is 0 Å². The Bertz CT molecular complexity index is 444. The van der Waals surface area contributed by atoms with E-state index in [1.807, 2.05) is 0 Å². The lowest BCUT2D eigenvalue weighted by Gasteiger charge is -2.22. The topological polar surface area (TPSA) is 44.9 Å². The molecule has 1 aromatic rings. The highest BCUT2D eigenvalue weighted by Gasteiger charge is 2.21. The number of rotatable bonds is 1. The molecule has 0 unspecified atom stereocenters. The second kappa shape index (κ2) is 4.06. The molecule has 1 aliphatic carbocycles. The first-order valence-corrected chi connectivity index (χ1v) is 6.30. The lowest BCUT2D eigenvalue weighted by molar-refractivity contribution is 0.457. The van der Waals surface area contributed by atoms with Crippen LogP contribution in [0.5, 0.6) is 0 Å². The summed E-state index contributed by atoms with van der Waals surface area (Å²) >= 11 is 0. The molecule has 2 heterocycles. The highest BCUT2D eigenvalue weighted by Crippen LogP contribution is 2.26. The van der Waals surface area contributed by atoms with Crippen molar-refractivity contribution in [1.29, 1.82) is 0 Å². The number of aromatic nitrogens is 1. The Balaban J connectivity index is 1.97. The molecule has 3 heteroatoms. The molecule has 86 valence electrons. The van der Waals surface area contributed by atoms with Gasteiger partial charge < -0.3 is 10.3 Å². The summed E-state index contributed by atoms with van der Waals surface area (Å²) in [6, 6.07) is 2.18. The molecule has 0 radical (unpaired) electrons. The maximum atomic E-state index is 12.0. The molecule has 3 nitrogen and oxygen atoms in total. The van der Waals surface area contributed by atoms with Crippen molar-refractivity contribution in [3.63, 3.8) is 0 Å². The number of aryl methyl sites for hydroxylation is 2. The van der Waals surface area contributed by atoms with Crippen LogP contribution >= 0.6 is 0 Å². The van der Waals surface area contributed by atoms with E-state index in [0.29, 0.717) is 5.92 Å². The van der Waals surface area contributed by atoms with E-state index in [1.54, 1.807) is 0 Å². The first-order valence-electron chi connectivity index (χ1n) is 6.30. The van der Waals surface area contributed by atoms with Crippen LogP contribution in [-0.4, -0.2) is 18.1 Å². The summed E-state index contributed by atoms with van der Waals surface area (Å²) in [6.45, 7) is 2.09. The Labute approximate surface area is 95.3 Å². The average Bonchev–Trinajstić information content (AvgIpc) is 2.76. The molecule has 0 atom stereocenters. The number of fused-ring (bicyclic) bond motifs is 1. The molecule has 0 aromatic carbocycles. The van der Waals surface area contributed by atoms with Gasteiger partial charge in [0.1, 0.15) is 0 Å². The van der Waals surface area contributed by atoms with Crippen molar-refractivity contribution in [3.05, 3.63) is 33.2 Å². The number of pyridine rings is 1. The molecule has 1 fully saturated rings. The summed E-state index contributed by atoms with van der Waals surface area (Å²) in [5.74, 6) is 0.468. The molecule has 1 saturated heterocycles. The summed E-state index contributed by atoms with van der Waals surface area (Å²) in [5.41, 5.74) is 3.76. The zero-order valence-electron chi connectivity index (χ0n) is 9.51. The van der Waals surface area contributed by atoms with Crippen LogP contribution in [0, 0.1) is 0 Å². The lowest BCUT2D eigenvalue weighted by Crippen LogP contribution is -2.30. The highest BCUT2D eigenvalue weighted by atomic mass is 16.1. The molecular formula is C13H18N2O. The maximum absolute atomic E-state index is 12.0. The minimum Gasteiger partial charge on any atom is -0.326 e. The van der Waals surface area contributed by atoms with Crippen molar-refractivity contribution in [2.24, 2.45) is 0 Å². The van der Waals surface area contributed by atoms with E-state index in [9.17, 15) is 4.79 Å². The van der Waals surface area contributed by atoms with Crippen molar-refractivity contribution in [3.8, 4) is 0 Å². The molecule has 0 saturated carbocycles. The van der Waals surface area contributed by atoms with Gasteiger partial charge in [-0.15, -0.1) is 0 Å². The van der Waals surface area contributed by atoms with E-state index in [2.05, 4.69) is 16.4 Å². The van der Waals surface area contributed by atoms with Crippen LogP contribution in [0.15, 0.2) is 10.9 Å². The second-order valence-electron chi connectivity index (χ2n) is 4.94. The monoisotopic (exact) mass is 218 g/mol. The number of H-pyrrole nitrogens is 1. The number of piperidine rings is 1. The quantitative estimate of drug-likeness (QED) is 0.747. The van der Waals surface area contributed by atoms with Crippen molar-refractivity contribution in [2.75, 3.05) is 13.1 Å². The third kappa shape index (κ3) is 1.69. The molecule has 2 aliphatic rings. The Morgan fingerprint density at radius 1 is 1.19 bits per heavy atom. The van der Waals surface area contributed by atoms with Gasteiger partial charge in [-0.2, -0.15) is 0 Å². The van der Waals surface area contributed by atoms with E-state index in [1.165, 1.54) is 17.7 Å². The first kappa shape index (κ1) is 10.1. The van der Waals surface area contributed by atoms with Gasteiger partial charge in [0.2, 0.25) is 0 Å². The number of nitrogens with one attached hydrogen (secondary N) is 2. The normalized spacial score (nSPS) is 21.0. The van der Waals surface area contributed by atoms with Gasteiger partial charge in [-0.25, -0.2) is 0 Å². The third-order valence-electron chi connectivity index (χ3n) is 3.90. The molecule has 2 N–H and O–H groups in total. The summed E-state index contributed by atoms with van der Waals surface area (Å²) < 4.78 is 0. The Morgan fingerprint density at radius 2 is 2.00 bits per heavy atom. The smallest absolute Gasteiger partial charge is 0.251 e. The van der Waals surface area contributed by atoms with Crippen molar-refractivity contribution < 1.29 is 0 Å². The van der Waals surface area contributed by atoms with Gasteiger partial charge >= 0.3 is 0 Å². The highest BCUT2D eigenvalue weighted by molar-refractivity contribution is 5.31. The fourth-order valence-electron chi connectivity index (χ4n) is 2.97. The number of hydrogen-bond donors (Lipinski definition) is 2. The van der Waals surface area contributed by atoms with Crippen LogP contribution in [0.4, 0.5) is 0 Å². The van der Waals surface area contributed by atoms with Crippen molar-refractivity contribution >= 4 is 0 Å². The van der Waals surface area contributed by atoms with Crippen LogP contribution in [0.1, 0.15) is 42.0 Å². The van der Waals surface area contributed by atoms with Crippen LogP contribution in [0.25, 0.3) is 0 Å². The molecule has 1 aliphatic heterocycles. The van der Waals surface area contributed by atoms with Gasteiger partial charge in [-0.1, -0.05) is 0 Å². The predicted molar refractivity (Wildman–Crippen MR) is 63.9 cm³/mol. The van der Waals surface area contributed by atoms with Gasteiger partial charge in [0.05, 0.1) is 0 Å². The summed E-state index contributed by atoms with van der Waals surface area (Å²) in [7, 11) is 0. The molecule has 3 rings (SSSR count). The average molecular weight is 218 g/mol. The fraction of sp³-hybridized carbons (Fsp3) is 0.615. The van der Waals surface area contributed by atoms with Crippen molar-refractivity contribution in [1.82, 2.24) is 10.3 Å². The molecule has 0 bridgehead atoms. The molecule has 16 heavy (non-hydrogen) atoms. The van der Waals surface area contributed by atoms with Crippen LogP contribution in [0.3, 0.4) is 0 Å². The molecular weight excluding hydrogens is 200 g/mol. The molecule has 1 aromatic heterocycles. The predicted octanol–water partition coefficient (Wildman–Crippen LogP) is 1.33. The zero-order valence-corrected chi connectivity index (χ0v) is 9.51. The van der Waals surface area contributed by atoms with Gasteiger partial charge in [-0.3, -0.25) is 4.79 Å². The van der Waals surface area contributed by atoms with Gasteiger partial charge in [0.15, 0.2) is 0 Å². The largest absolute Gasteiger partial charge is 0.326 e. The SMILES string of the molecule is O=c1[nH]c2c(cc1C1CCNCC1)CCC2. The van der Waals surface area contributed by atoms with E-state index < -0.39 is 0 Å². The van der Waals surface area contributed by atoms with E-state index in [-0.39, 0.29) is 5.56 Å². The fourth-order valence-corrected chi connectivity index (χ4v) is 2.97. The summed E-state index contributed by atoms with van der Waals surface area (Å²) in [5, 5.41) is 3.34. The molecule has 0 spiro atoms. The third-order valence-corrected chi connectivity index (χ3v) is 3.90. The maximum Gasteiger partial charge on any atom is 0.251 e. The van der Waals surface area contributed by atoms with E-state index in [0.717, 1.165) is 44.3 Å². The first-order chi connectivity index (χ1) is 7.84. The number of hydrogen-bond acceptors (Lipinski definition) is 2. The minimum absolute atomic E-state index is 0.160. The van der Waals surface area contributed by atoms with Crippen molar-refractivity contribution in [2.45, 2.75) is 38.0 Å². The van der Waals surface area contributed by atoms with E-state index in [4.69, 9.17) is 0 Å². The minimum atomic E-state index is 0.160. The zero-order chi connectivity index (χ0) is 11.0. The van der Waals surface area contributed by atoms with Crippen LogP contribution < -0.4 is 10.9 Å². The summed E-state index contributed by atoms with van der Waals surface area (Å²) in [4.78, 5) is 15.1. The Hall–Kier alpha value is -1.09. The lowest BCUT2D eigenvalue weighted by atomic mass is 9.90. The molecule has 0 amide bonds. The Kier molecular flexibility index (Phi) is 2.56. The van der Waals surface area contributed by atoms with Gasteiger partial charge in [0, 0.05) is 11.3 Å². The van der Waals surface area contributed by atoms with Crippen LogP contribution in [-0.2, 0) is 12.8 Å². The second-order valence-corrected chi connectivity index (χ2v) is 4.94. The summed E-state index contributed by atoms with van der Waals surface area (Å²) in [6.07, 6.45) is 5.59. The number of aromatic amines is 1. The van der Waals surface area contributed by atoms with Gasteiger partial charge in [0.25, 0.3) is 5.56 Å².